The fourth-order valence-electron chi connectivity index (χ4n) is 0. The quantitative estimate of drug-likeness (QED) is 0.530. The van der Waals surface area contributed by atoms with Gasteiger partial charge in [0, 0.05) is 0 Å². The topological polar surface area (TPSA) is 9.23 Å². The van der Waals surface area contributed by atoms with E-state index in [2.05, 4.69) is 19.7 Å². The zero-order chi connectivity index (χ0) is 6.15. The zero-order valence-electron chi connectivity index (χ0n) is 5.16. The van der Waals surface area contributed by atoms with Crippen LogP contribution in [-0.4, -0.2) is 19.7 Å². The van der Waals surface area contributed by atoms with Gasteiger partial charge >= 0.3 is 61.6 Å². The van der Waals surface area contributed by atoms with Crippen LogP contribution in [-0.2, 0) is 1.40 Å². The molecule has 0 atom stereocenters. The van der Waals surface area contributed by atoms with Crippen molar-refractivity contribution in [2.24, 2.45) is 0 Å². The first kappa shape index (κ1) is 8.42. The molecular formula is C4H12I2O. The Morgan fingerprint density at radius 2 is 1.29 bits per heavy atom. The molecule has 0 aromatic heterocycles. The summed E-state index contributed by atoms with van der Waals surface area (Å²) < 4.78 is 5.28. The SMILES string of the molecule is CI(C)(C)(C)OI. The molecular weight excluding hydrogens is 318 g/mol. The summed E-state index contributed by atoms with van der Waals surface area (Å²) >= 11 is -0.116. The van der Waals surface area contributed by atoms with E-state index in [0.29, 0.717) is 0 Å². The second-order valence-corrected chi connectivity index (χ2v) is 22.0. The van der Waals surface area contributed by atoms with Gasteiger partial charge in [-0.15, -0.1) is 0 Å². The number of hydrogen-bond acceptors (Lipinski definition) is 1. The van der Waals surface area contributed by atoms with Crippen molar-refractivity contribution >= 4 is 40.5 Å². The number of alkyl halides is 4. The molecule has 3 heteroatoms. The Hall–Kier alpha value is 1.42. The minimum atomic E-state index is -2.11. The van der Waals surface area contributed by atoms with Crippen molar-refractivity contribution in [1.29, 1.82) is 0 Å². The number of hydrogen-bond donors (Lipinski definition) is 0. The van der Waals surface area contributed by atoms with Gasteiger partial charge in [0.25, 0.3) is 0 Å². The van der Waals surface area contributed by atoms with E-state index in [1.807, 2.05) is 23.0 Å². The van der Waals surface area contributed by atoms with Crippen LogP contribution >= 0.6 is 40.5 Å². The van der Waals surface area contributed by atoms with Crippen LogP contribution in [0.4, 0.5) is 0 Å². The molecule has 0 rings (SSSR count). The Bertz CT molecular complexity index is 62.2. The van der Waals surface area contributed by atoms with E-state index >= 15 is 0 Å². The van der Waals surface area contributed by atoms with Gasteiger partial charge in [0.05, 0.1) is 0 Å². The second kappa shape index (κ2) is 1.98. The molecule has 0 saturated heterocycles. The standard InChI is InChI=1S/C4H12I2O/c1-6(2,3,4)7-5/h1-4H3. The van der Waals surface area contributed by atoms with Gasteiger partial charge in [0.15, 0.2) is 0 Å². The first-order valence-corrected chi connectivity index (χ1v) is 12.2. The van der Waals surface area contributed by atoms with Crippen molar-refractivity contribution < 1.29 is 1.40 Å². The normalized spacial score (nSPS) is 18.1. The second-order valence-electron chi connectivity index (χ2n) is 2.94. The summed E-state index contributed by atoms with van der Waals surface area (Å²) in [6.07, 6.45) is 0. The summed E-state index contributed by atoms with van der Waals surface area (Å²) in [4.78, 5) is 8.88. The van der Waals surface area contributed by atoms with Gasteiger partial charge in [-0.25, -0.2) is 0 Å². The maximum atomic E-state index is 5.28. The van der Waals surface area contributed by atoms with Gasteiger partial charge in [0.2, 0.25) is 0 Å². The Balaban J connectivity index is 3.83. The Labute approximate surface area is 61.1 Å². The van der Waals surface area contributed by atoms with Gasteiger partial charge in [-0.3, -0.25) is 0 Å². The molecule has 0 saturated carbocycles. The molecule has 0 N–H and O–H groups in total. The van der Waals surface area contributed by atoms with Gasteiger partial charge in [-0.2, -0.15) is 0 Å². The first-order valence-electron chi connectivity index (χ1n) is 1.82. The van der Waals surface area contributed by atoms with E-state index in [1.165, 1.54) is 0 Å². The first-order chi connectivity index (χ1) is 2.81. The van der Waals surface area contributed by atoms with E-state index in [4.69, 9.17) is 1.40 Å². The third-order valence-corrected chi connectivity index (χ3v) is 10.5. The number of rotatable bonds is 1. The predicted molar refractivity (Wildman–Crippen MR) is 52.8 cm³/mol. The molecule has 0 unspecified atom stereocenters. The zero-order valence-corrected chi connectivity index (χ0v) is 9.48. The van der Waals surface area contributed by atoms with Crippen LogP contribution in [0.25, 0.3) is 0 Å². The fourth-order valence-corrected chi connectivity index (χ4v) is 0. The van der Waals surface area contributed by atoms with Crippen LogP contribution in [0, 0.1) is 0 Å². The predicted octanol–water partition coefficient (Wildman–Crippen LogP) is 2.37. The minimum absolute atomic E-state index is 1.99. The van der Waals surface area contributed by atoms with E-state index < -0.39 is 17.5 Å². The van der Waals surface area contributed by atoms with Gasteiger partial charge in [-0.1, -0.05) is 0 Å². The molecule has 0 aliphatic heterocycles. The Morgan fingerprint density at radius 1 is 1.14 bits per heavy atom. The Kier molecular flexibility index (Phi) is 2.38. The van der Waals surface area contributed by atoms with Crippen molar-refractivity contribution in [3.8, 4) is 0 Å². The molecule has 7 heavy (non-hydrogen) atoms. The van der Waals surface area contributed by atoms with Crippen LogP contribution in [0.5, 0.6) is 0 Å². The molecule has 0 fully saturated rings. The summed E-state index contributed by atoms with van der Waals surface area (Å²) in [5.74, 6) is 0. The van der Waals surface area contributed by atoms with Crippen LogP contribution in [0.1, 0.15) is 0 Å². The summed E-state index contributed by atoms with van der Waals surface area (Å²) in [6.45, 7) is 0. The van der Waals surface area contributed by atoms with Crippen molar-refractivity contribution in [3.05, 3.63) is 0 Å². The molecule has 0 amide bonds. The van der Waals surface area contributed by atoms with Crippen molar-refractivity contribution in [2.75, 3.05) is 19.7 Å². The van der Waals surface area contributed by atoms with Crippen molar-refractivity contribution in [2.45, 2.75) is 0 Å². The molecule has 0 radical (unpaired) electrons. The van der Waals surface area contributed by atoms with Crippen molar-refractivity contribution in [1.82, 2.24) is 0 Å². The molecule has 0 spiro atoms. The fraction of sp³-hybridized carbons (Fsp3) is 1.00. The third kappa shape index (κ3) is 7.42. The molecule has 0 aliphatic rings. The molecule has 0 heterocycles. The van der Waals surface area contributed by atoms with Crippen molar-refractivity contribution in [3.63, 3.8) is 0 Å². The summed E-state index contributed by atoms with van der Waals surface area (Å²) in [5.41, 5.74) is 0. The monoisotopic (exact) mass is 330 g/mol. The van der Waals surface area contributed by atoms with Gasteiger partial charge in [0.1, 0.15) is 0 Å². The van der Waals surface area contributed by atoms with Gasteiger partial charge in [-0.05, 0) is 0 Å². The van der Waals surface area contributed by atoms with E-state index in [1.54, 1.807) is 0 Å². The molecule has 0 aromatic rings. The third-order valence-electron chi connectivity index (χ3n) is 0.233. The van der Waals surface area contributed by atoms with Crippen LogP contribution in [0.3, 0.4) is 0 Å². The average Bonchev–Trinajstić information content (AvgIpc) is 1.32. The van der Waals surface area contributed by atoms with E-state index in [-0.39, 0.29) is 0 Å². The summed E-state index contributed by atoms with van der Waals surface area (Å²) in [7, 11) is 0. The summed E-state index contributed by atoms with van der Waals surface area (Å²) in [6, 6.07) is 0. The molecule has 48 valence electrons. The van der Waals surface area contributed by atoms with Crippen LogP contribution in [0.15, 0.2) is 0 Å². The summed E-state index contributed by atoms with van der Waals surface area (Å²) in [5, 5.41) is 0. The average molecular weight is 330 g/mol. The maximum absolute atomic E-state index is 5.28. The molecule has 0 bridgehead atoms. The molecule has 0 aliphatic carbocycles. The number of halogens is 2. The molecule has 0 aromatic carbocycles. The van der Waals surface area contributed by atoms with Gasteiger partial charge < -0.3 is 0 Å². The Morgan fingerprint density at radius 3 is 1.29 bits per heavy atom. The van der Waals surface area contributed by atoms with Crippen LogP contribution < -0.4 is 0 Å². The molecule has 1 nitrogen and oxygen atoms in total. The van der Waals surface area contributed by atoms with E-state index in [9.17, 15) is 0 Å². The van der Waals surface area contributed by atoms with E-state index in [0.717, 1.165) is 0 Å². The van der Waals surface area contributed by atoms with Crippen LogP contribution in [0.2, 0.25) is 0 Å².